The number of anilines is 1. The smallest absolute Gasteiger partial charge is 0.272 e. The number of carbonyl (C=O) groups is 1. The highest BCUT2D eigenvalue weighted by Crippen LogP contribution is 2.26. The molecular weight excluding hydrogens is 342 g/mol. The van der Waals surface area contributed by atoms with Crippen LogP contribution in [0.3, 0.4) is 0 Å². The molecule has 1 aromatic carbocycles. The monoisotopic (exact) mass is 367 g/mol. The van der Waals surface area contributed by atoms with Gasteiger partial charge < -0.3 is 20.3 Å². The van der Waals surface area contributed by atoms with Gasteiger partial charge in [0, 0.05) is 24.7 Å². The Balaban J connectivity index is 1.46. The fourth-order valence-corrected chi connectivity index (χ4v) is 3.61. The van der Waals surface area contributed by atoms with Crippen molar-refractivity contribution in [3.63, 3.8) is 0 Å². The number of hydrogen-bond donors (Lipinski definition) is 2. The second kappa shape index (κ2) is 7.92. The Bertz CT molecular complexity index is 789. The minimum atomic E-state index is -0.166. The number of rotatable bonds is 3. The van der Waals surface area contributed by atoms with Crippen molar-refractivity contribution in [2.75, 3.05) is 24.5 Å². The molecule has 142 valence electrons. The van der Waals surface area contributed by atoms with Crippen LogP contribution in [0, 0.1) is 0 Å². The number of amides is 1. The quantitative estimate of drug-likeness (QED) is 0.860. The molecule has 0 bridgehead atoms. The maximum absolute atomic E-state index is 12.4. The van der Waals surface area contributed by atoms with Gasteiger partial charge >= 0.3 is 0 Å². The lowest BCUT2D eigenvalue weighted by Gasteiger charge is -2.24. The van der Waals surface area contributed by atoms with E-state index in [1.807, 2.05) is 31.2 Å². The van der Waals surface area contributed by atoms with Crippen LogP contribution in [-0.2, 0) is 6.54 Å². The SMILES string of the molecule is CC1CN(c2ccc(C(=O)NC3CCCNC3)nn2)Cc2ccccc2O1. The van der Waals surface area contributed by atoms with Crippen LogP contribution in [-0.4, -0.2) is 47.9 Å². The average molecular weight is 367 g/mol. The Morgan fingerprint density at radius 2 is 2.15 bits per heavy atom. The molecule has 2 aromatic rings. The number of piperidine rings is 1. The van der Waals surface area contributed by atoms with E-state index >= 15 is 0 Å². The highest BCUT2D eigenvalue weighted by atomic mass is 16.5. The van der Waals surface area contributed by atoms with Gasteiger partial charge in [-0.3, -0.25) is 4.79 Å². The molecule has 0 spiro atoms. The molecule has 7 heteroatoms. The molecule has 0 aliphatic carbocycles. The number of ether oxygens (including phenoxy) is 1. The zero-order valence-electron chi connectivity index (χ0n) is 15.5. The molecule has 2 atom stereocenters. The second-order valence-electron chi connectivity index (χ2n) is 7.21. The van der Waals surface area contributed by atoms with Crippen LogP contribution in [0.15, 0.2) is 36.4 Å². The third kappa shape index (κ3) is 4.19. The van der Waals surface area contributed by atoms with Gasteiger partial charge in [0.1, 0.15) is 11.9 Å². The summed E-state index contributed by atoms with van der Waals surface area (Å²) in [4.78, 5) is 14.5. The van der Waals surface area contributed by atoms with Crippen LogP contribution in [0.5, 0.6) is 5.75 Å². The van der Waals surface area contributed by atoms with Gasteiger partial charge in [0.25, 0.3) is 5.91 Å². The van der Waals surface area contributed by atoms with Crippen molar-refractivity contribution in [2.24, 2.45) is 0 Å². The Labute approximate surface area is 159 Å². The number of nitrogens with zero attached hydrogens (tertiary/aromatic N) is 3. The van der Waals surface area contributed by atoms with Crippen LogP contribution in [0.4, 0.5) is 5.82 Å². The molecule has 2 N–H and O–H groups in total. The molecule has 0 radical (unpaired) electrons. The molecule has 7 nitrogen and oxygen atoms in total. The Hall–Kier alpha value is -2.67. The van der Waals surface area contributed by atoms with E-state index in [1.165, 1.54) is 0 Å². The maximum atomic E-state index is 12.4. The van der Waals surface area contributed by atoms with E-state index in [1.54, 1.807) is 6.07 Å². The van der Waals surface area contributed by atoms with Crippen molar-refractivity contribution in [1.29, 1.82) is 0 Å². The summed E-state index contributed by atoms with van der Waals surface area (Å²) in [5, 5.41) is 14.8. The number of benzene rings is 1. The van der Waals surface area contributed by atoms with E-state index in [-0.39, 0.29) is 18.1 Å². The van der Waals surface area contributed by atoms with Crippen molar-refractivity contribution < 1.29 is 9.53 Å². The molecule has 2 aliphatic heterocycles. The highest BCUT2D eigenvalue weighted by molar-refractivity contribution is 5.92. The number of aromatic nitrogens is 2. The predicted molar refractivity (Wildman–Crippen MR) is 103 cm³/mol. The molecule has 2 unspecified atom stereocenters. The zero-order valence-corrected chi connectivity index (χ0v) is 15.5. The molecule has 1 fully saturated rings. The minimum Gasteiger partial charge on any atom is -0.489 e. The van der Waals surface area contributed by atoms with Crippen LogP contribution in [0.2, 0.25) is 0 Å². The summed E-state index contributed by atoms with van der Waals surface area (Å²) < 4.78 is 6.00. The first kappa shape index (κ1) is 17.7. The number of nitrogens with one attached hydrogen (secondary N) is 2. The van der Waals surface area contributed by atoms with E-state index in [2.05, 4.69) is 31.8 Å². The number of fused-ring (bicyclic) bond motifs is 1. The van der Waals surface area contributed by atoms with E-state index in [0.29, 0.717) is 18.8 Å². The fraction of sp³-hybridized carbons (Fsp3) is 0.450. The van der Waals surface area contributed by atoms with E-state index in [0.717, 1.165) is 43.1 Å². The lowest BCUT2D eigenvalue weighted by atomic mass is 10.1. The topological polar surface area (TPSA) is 79.4 Å². The third-order valence-corrected chi connectivity index (χ3v) is 4.98. The van der Waals surface area contributed by atoms with E-state index < -0.39 is 0 Å². The Morgan fingerprint density at radius 1 is 1.26 bits per heavy atom. The van der Waals surface area contributed by atoms with Crippen molar-refractivity contribution in [2.45, 2.75) is 38.5 Å². The largest absolute Gasteiger partial charge is 0.489 e. The lowest BCUT2D eigenvalue weighted by molar-refractivity contribution is 0.0924. The Kier molecular flexibility index (Phi) is 5.20. The van der Waals surface area contributed by atoms with Gasteiger partial charge in [0.05, 0.1) is 6.54 Å². The molecule has 1 saturated heterocycles. The van der Waals surface area contributed by atoms with Gasteiger partial charge in [-0.15, -0.1) is 10.2 Å². The van der Waals surface area contributed by atoms with Crippen molar-refractivity contribution in [1.82, 2.24) is 20.8 Å². The van der Waals surface area contributed by atoms with Crippen LogP contribution in [0.25, 0.3) is 0 Å². The van der Waals surface area contributed by atoms with Gasteiger partial charge in [0.2, 0.25) is 0 Å². The fourth-order valence-electron chi connectivity index (χ4n) is 3.61. The molecule has 1 aromatic heterocycles. The first-order valence-corrected chi connectivity index (χ1v) is 9.54. The van der Waals surface area contributed by atoms with Crippen LogP contribution >= 0.6 is 0 Å². The zero-order chi connectivity index (χ0) is 18.6. The highest BCUT2D eigenvalue weighted by Gasteiger charge is 2.22. The van der Waals surface area contributed by atoms with Crippen molar-refractivity contribution in [3.05, 3.63) is 47.7 Å². The van der Waals surface area contributed by atoms with Gasteiger partial charge in [-0.2, -0.15) is 0 Å². The molecular formula is C20H25N5O2. The summed E-state index contributed by atoms with van der Waals surface area (Å²) in [6.07, 6.45) is 2.11. The Morgan fingerprint density at radius 3 is 2.93 bits per heavy atom. The van der Waals surface area contributed by atoms with Crippen molar-refractivity contribution >= 4 is 11.7 Å². The van der Waals surface area contributed by atoms with Gasteiger partial charge in [0.15, 0.2) is 11.5 Å². The number of hydrogen-bond acceptors (Lipinski definition) is 6. The molecule has 1 amide bonds. The maximum Gasteiger partial charge on any atom is 0.272 e. The number of carbonyl (C=O) groups excluding carboxylic acids is 1. The normalized spacial score (nSPS) is 22.3. The first-order valence-electron chi connectivity index (χ1n) is 9.54. The van der Waals surface area contributed by atoms with E-state index in [9.17, 15) is 4.79 Å². The first-order chi connectivity index (χ1) is 13.2. The summed E-state index contributed by atoms with van der Waals surface area (Å²) in [6.45, 7) is 5.28. The van der Waals surface area contributed by atoms with Gasteiger partial charge in [-0.05, 0) is 44.5 Å². The summed E-state index contributed by atoms with van der Waals surface area (Å²) in [7, 11) is 0. The lowest BCUT2D eigenvalue weighted by Crippen LogP contribution is -2.45. The van der Waals surface area contributed by atoms with Gasteiger partial charge in [-0.25, -0.2) is 0 Å². The standard InChI is InChI=1S/C20H25N5O2/c1-14-12-25(13-15-5-2-3-7-18(15)27-14)19-9-8-17(23-24-19)20(26)22-16-6-4-10-21-11-16/h2-3,5,7-9,14,16,21H,4,6,10-13H2,1H3,(H,22,26). The molecule has 0 saturated carbocycles. The molecule has 27 heavy (non-hydrogen) atoms. The summed E-state index contributed by atoms with van der Waals surface area (Å²) in [5.74, 6) is 1.50. The summed E-state index contributed by atoms with van der Waals surface area (Å²) in [6, 6.07) is 11.8. The second-order valence-corrected chi connectivity index (χ2v) is 7.21. The third-order valence-electron chi connectivity index (χ3n) is 4.98. The summed E-state index contributed by atoms with van der Waals surface area (Å²) >= 11 is 0. The van der Waals surface area contributed by atoms with E-state index in [4.69, 9.17) is 4.74 Å². The molecule has 4 rings (SSSR count). The predicted octanol–water partition coefficient (Wildman–Crippen LogP) is 1.75. The molecule has 3 heterocycles. The molecule has 2 aliphatic rings. The van der Waals surface area contributed by atoms with Crippen molar-refractivity contribution in [3.8, 4) is 5.75 Å². The average Bonchev–Trinajstić information content (AvgIpc) is 2.87. The van der Waals surface area contributed by atoms with Crippen LogP contribution < -0.4 is 20.3 Å². The van der Waals surface area contributed by atoms with Crippen LogP contribution in [0.1, 0.15) is 35.8 Å². The summed E-state index contributed by atoms with van der Waals surface area (Å²) in [5.41, 5.74) is 1.47. The number of para-hydroxylation sites is 1. The van der Waals surface area contributed by atoms with Gasteiger partial charge in [-0.1, -0.05) is 18.2 Å². The minimum absolute atomic E-state index is 0.0391.